The zero-order valence-electron chi connectivity index (χ0n) is 14.1. The molecule has 10 N–H and O–H groups in total. The number of rotatable bonds is 4. The summed E-state index contributed by atoms with van der Waals surface area (Å²) in [5.74, 6) is 0. The number of urea groups is 1. The minimum Gasteiger partial charge on any atom is -0.759 e. The van der Waals surface area contributed by atoms with Crippen molar-refractivity contribution in [3.8, 4) is 0 Å². The summed E-state index contributed by atoms with van der Waals surface area (Å²) in [4.78, 5) is 17.3. The average Bonchev–Trinajstić information content (AvgIpc) is 2.55. The summed E-state index contributed by atoms with van der Waals surface area (Å²) in [5.41, 5.74) is 6.13. The Morgan fingerprint density at radius 1 is 0.857 bits per heavy atom. The van der Waals surface area contributed by atoms with Crippen LogP contribution in [-0.4, -0.2) is 52.4 Å². The van der Waals surface area contributed by atoms with Crippen LogP contribution in [0.5, 0.6) is 0 Å². The number of nitrogens with zero attached hydrogens (tertiary/aromatic N) is 2. The van der Waals surface area contributed by atoms with Crippen molar-refractivity contribution in [1.82, 2.24) is 10.9 Å². The fraction of sp³-hybridized carbons (Fsp3) is 0. The van der Waals surface area contributed by atoms with Gasteiger partial charge in [-0.3, -0.25) is 8.42 Å². The topological polar surface area (TPSA) is 269 Å². The number of hydrogen-bond donors (Lipinski definition) is 2. The molecule has 2 aromatic heterocycles. The predicted molar refractivity (Wildman–Crippen MR) is 94.2 cm³/mol. The van der Waals surface area contributed by atoms with Gasteiger partial charge in [0.1, 0.15) is 12.4 Å². The smallest absolute Gasteiger partial charge is 0.355 e. The molecule has 0 atom stereocenters. The molecule has 0 fully saturated rings. The Labute approximate surface area is 159 Å². The summed E-state index contributed by atoms with van der Waals surface area (Å²) in [6.07, 6.45) is 6.52. The number of carbonyl (C=O) groups is 1. The molecule has 0 radical (unpaired) electrons. The number of carbonyl (C=O) groups excluding carboxylic acids is 1. The molecule has 0 spiro atoms. The van der Waals surface area contributed by atoms with E-state index in [4.69, 9.17) is 17.5 Å². The van der Waals surface area contributed by atoms with Crippen molar-refractivity contribution in [3.63, 3.8) is 0 Å². The van der Waals surface area contributed by atoms with Crippen LogP contribution in [0.2, 0.25) is 0 Å². The molecule has 156 valence electrons. The largest absolute Gasteiger partial charge is 0.759 e. The van der Waals surface area contributed by atoms with Crippen LogP contribution in [0.25, 0.3) is 0 Å². The Hall–Kier alpha value is -3.34. The molecule has 0 aliphatic rings. The molecule has 14 nitrogen and oxygen atoms in total. The van der Waals surface area contributed by atoms with Gasteiger partial charge in [0.05, 0.1) is 0 Å². The maximum absolute atomic E-state index is 11.4. The third-order valence-electron chi connectivity index (χ3n) is 2.21. The summed E-state index contributed by atoms with van der Waals surface area (Å²) in [6.45, 7) is 0. The van der Waals surface area contributed by atoms with Gasteiger partial charge in [-0.25, -0.2) is 25.6 Å². The van der Waals surface area contributed by atoms with Crippen LogP contribution in [0.4, 0.5) is 4.79 Å². The van der Waals surface area contributed by atoms with Crippen LogP contribution in [0, 0.1) is 0 Å². The second-order valence-electron chi connectivity index (χ2n) is 4.11. The lowest BCUT2D eigenvalue weighted by Crippen LogP contribution is -2.29. The first-order chi connectivity index (χ1) is 11.8. The van der Waals surface area contributed by atoms with Crippen molar-refractivity contribution in [2.45, 2.75) is 0 Å². The lowest BCUT2D eigenvalue weighted by atomic mass is 10.4. The fourth-order valence-corrected chi connectivity index (χ4v) is 1.32. The highest BCUT2D eigenvalue weighted by molar-refractivity contribution is 7.79. The number of amides is 2. The summed E-state index contributed by atoms with van der Waals surface area (Å²) in [6, 6.07) is 10.6. The van der Waals surface area contributed by atoms with Crippen molar-refractivity contribution < 1.29 is 48.7 Å². The SMILES string of the molecule is O.O.O.O=C(N/N=C/c1cccc[nH+]1)N/N=C/c1cccc[nH+]1.O=S(=O)([O-])[O-]. The van der Waals surface area contributed by atoms with Crippen LogP contribution in [0.1, 0.15) is 11.4 Å². The fourth-order valence-electron chi connectivity index (χ4n) is 1.32. The highest BCUT2D eigenvalue weighted by atomic mass is 32.3. The van der Waals surface area contributed by atoms with Gasteiger partial charge in [-0.15, -0.1) is 0 Å². The van der Waals surface area contributed by atoms with E-state index in [2.05, 4.69) is 31.0 Å². The average molecular weight is 420 g/mol. The van der Waals surface area contributed by atoms with Gasteiger partial charge in [0.15, 0.2) is 12.4 Å². The molecular weight excluding hydrogens is 400 g/mol. The van der Waals surface area contributed by atoms with E-state index in [0.717, 1.165) is 11.4 Å². The molecule has 0 unspecified atom stereocenters. The first-order valence-electron chi connectivity index (χ1n) is 6.57. The highest BCUT2D eigenvalue weighted by Gasteiger charge is 1.97. The molecule has 2 heterocycles. The first kappa shape index (κ1) is 29.4. The van der Waals surface area contributed by atoms with Crippen LogP contribution < -0.4 is 20.8 Å². The lowest BCUT2D eigenvalue weighted by molar-refractivity contribution is -0.379. The molecule has 0 aliphatic carbocycles. The number of aromatic nitrogens is 2. The Morgan fingerprint density at radius 3 is 1.50 bits per heavy atom. The quantitative estimate of drug-likeness (QED) is 0.217. The predicted octanol–water partition coefficient (Wildman–Crippen LogP) is -3.83. The van der Waals surface area contributed by atoms with Gasteiger partial charge >= 0.3 is 6.03 Å². The number of pyridine rings is 2. The van der Waals surface area contributed by atoms with Crippen molar-refractivity contribution in [2.75, 3.05) is 0 Å². The third-order valence-corrected chi connectivity index (χ3v) is 2.21. The standard InChI is InChI=1S/C13H12N6O.H2O4S.3H2O/c20-13(18-16-9-11-5-1-3-7-14-11)19-17-10-12-6-2-4-8-15-12;1-5(2,3)4;;;/h1-10H,(H2,18,19,20);(H2,1,2,3,4);3*1H2/b16-9+,17-10+;;;;. The Kier molecular flexibility index (Phi) is 16.7. The Balaban J connectivity index is -0.000000700. The molecule has 0 aromatic carbocycles. The summed E-state index contributed by atoms with van der Waals surface area (Å²) < 4.78 is 34.1. The molecule has 0 aliphatic heterocycles. The second-order valence-corrected chi connectivity index (χ2v) is 4.93. The maximum atomic E-state index is 11.4. The van der Waals surface area contributed by atoms with Gasteiger partial charge < -0.3 is 25.5 Å². The Bertz CT molecular complexity index is 756. The molecule has 2 aromatic rings. The van der Waals surface area contributed by atoms with E-state index in [1.54, 1.807) is 12.4 Å². The maximum Gasteiger partial charge on any atom is 0.355 e. The first-order valence-corrected chi connectivity index (χ1v) is 7.90. The van der Waals surface area contributed by atoms with Crippen LogP contribution in [0.3, 0.4) is 0 Å². The summed E-state index contributed by atoms with van der Waals surface area (Å²) >= 11 is 0. The monoisotopic (exact) mass is 420 g/mol. The highest BCUT2D eigenvalue weighted by Crippen LogP contribution is 1.83. The Morgan fingerprint density at radius 2 is 1.21 bits per heavy atom. The van der Waals surface area contributed by atoms with Crippen molar-refractivity contribution >= 4 is 28.9 Å². The van der Waals surface area contributed by atoms with Gasteiger partial charge in [0.25, 0.3) is 0 Å². The van der Waals surface area contributed by atoms with E-state index in [-0.39, 0.29) is 16.4 Å². The van der Waals surface area contributed by atoms with Crippen LogP contribution in [0.15, 0.2) is 59.0 Å². The zero-order valence-corrected chi connectivity index (χ0v) is 14.9. The van der Waals surface area contributed by atoms with E-state index < -0.39 is 16.4 Å². The third kappa shape index (κ3) is 17.5. The lowest BCUT2D eigenvalue weighted by Gasteiger charge is -2.06. The number of nitrogens with one attached hydrogen (secondary N) is 4. The van der Waals surface area contributed by atoms with Crippen LogP contribution in [-0.2, 0) is 10.4 Å². The number of hydrazone groups is 2. The van der Waals surface area contributed by atoms with Crippen LogP contribution >= 0.6 is 0 Å². The molecule has 15 heteroatoms. The minimum atomic E-state index is -5.17. The normalized spacial score (nSPS) is 9.79. The minimum absolute atomic E-state index is 0. The summed E-state index contributed by atoms with van der Waals surface area (Å²) in [5, 5.41) is 7.53. The van der Waals surface area contributed by atoms with Crippen molar-refractivity contribution in [1.29, 1.82) is 0 Å². The van der Waals surface area contributed by atoms with E-state index in [1.807, 2.05) is 36.4 Å². The van der Waals surface area contributed by atoms with E-state index in [0.29, 0.717) is 0 Å². The molecule has 2 amide bonds. The number of hydrogen-bond acceptors (Lipinski definition) is 7. The van der Waals surface area contributed by atoms with E-state index >= 15 is 0 Å². The second kappa shape index (κ2) is 15.9. The van der Waals surface area contributed by atoms with Gasteiger partial charge in [0.2, 0.25) is 11.4 Å². The number of aromatic amines is 2. The van der Waals surface area contributed by atoms with Gasteiger partial charge in [0, 0.05) is 34.7 Å². The van der Waals surface area contributed by atoms with E-state index in [9.17, 15) is 4.79 Å². The van der Waals surface area contributed by atoms with Crippen molar-refractivity contribution in [3.05, 3.63) is 60.2 Å². The molecule has 0 saturated carbocycles. The van der Waals surface area contributed by atoms with E-state index in [1.165, 1.54) is 12.4 Å². The molecule has 2 rings (SSSR count). The van der Waals surface area contributed by atoms with Crippen molar-refractivity contribution in [2.24, 2.45) is 10.2 Å². The van der Waals surface area contributed by atoms with Gasteiger partial charge in [-0.1, -0.05) is 0 Å². The van der Waals surface area contributed by atoms with Gasteiger partial charge in [-0.2, -0.15) is 10.2 Å². The van der Waals surface area contributed by atoms with Gasteiger partial charge in [-0.05, 0) is 12.1 Å². The zero-order chi connectivity index (χ0) is 18.5. The molecular formula is C13H20N6O8S. The summed E-state index contributed by atoms with van der Waals surface area (Å²) in [7, 11) is -5.17. The number of H-pyrrole nitrogens is 2. The molecule has 28 heavy (non-hydrogen) atoms. The molecule has 0 saturated heterocycles. The molecule has 0 bridgehead atoms.